The van der Waals surface area contributed by atoms with Crippen LogP contribution in [0.4, 0.5) is 0 Å². The molecule has 0 saturated heterocycles. The molecule has 6 atom stereocenters. The second-order valence-corrected chi connectivity index (χ2v) is 26.4. The molecule has 0 aliphatic rings. The standard InChI is InChI=1S/C63H122O17P2/c1-7-10-12-14-16-17-18-19-20-23-28-35-41-47-62(67)79-58(52-74-61(66)46-40-34-27-24-21-22-26-31-37-43-55(4)5)53-77-81(69,70)75-49-57(64)50-76-82(71,72)78-54-59(51-73-60(65)45-39-33-25-15-13-11-8-2)80-63(68)48-42-36-30-29-32-38-44-56(6)9-3/h55-59,64H,7-54H2,1-6H3,(H,69,70)(H,71,72)/t56?,57-,58-,59-/m1/s1. The Morgan fingerprint density at radius 1 is 0.354 bits per heavy atom. The third-order valence-corrected chi connectivity index (χ3v) is 16.7. The lowest BCUT2D eigenvalue weighted by atomic mass is 10.00. The lowest BCUT2D eigenvalue weighted by Crippen LogP contribution is -2.30. The first-order chi connectivity index (χ1) is 39.4. The SMILES string of the molecule is CCCCCCCCCCCCCCCC(=O)O[C@H](COC(=O)CCCCCCCCCCCC(C)C)COP(=O)(O)OC[C@@H](O)COP(=O)(O)OC[C@@H](COC(=O)CCCCCCCCC)OC(=O)CCCCCCCCC(C)CC. The van der Waals surface area contributed by atoms with Crippen LogP contribution < -0.4 is 0 Å². The van der Waals surface area contributed by atoms with Gasteiger partial charge >= 0.3 is 39.5 Å². The summed E-state index contributed by atoms with van der Waals surface area (Å²) < 4.78 is 67.9. The van der Waals surface area contributed by atoms with Gasteiger partial charge in [0.05, 0.1) is 26.4 Å². The third-order valence-electron chi connectivity index (χ3n) is 14.8. The third kappa shape index (κ3) is 55.9. The van der Waals surface area contributed by atoms with Crippen LogP contribution in [0.1, 0.15) is 311 Å². The van der Waals surface area contributed by atoms with Crippen molar-refractivity contribution >= 4 is 39.5 Å². The van der Waals surface area contributed by atoms with E-state index in [-0.39, 0.29) is 25.7 Å². The highest BCUT2D eigenvalue weighted by Crippen LogP contribution is 2.45. The highest BCUT2D eigenvalue weighted by Gasteiger charge is 2.30. The molecule has 0 amide bonds. The molecule has 0 spiro atoms. The average molecular weight is 1210 g/mol. The molecular formula is C63H122O17P2. The van der Waals surface area contributed by atoms with Crippen molar-refractivity contribution in [2.24, 2.45) is 11.8 Å². The fourth-order valence-corrected chi connectivity index (χ4v) is 10.9. The molecule has 0 aliphatic heterocycles. The molecule has 0 aromatic rings. The van der Waals surface area contributed by atoms with Crippen LogP contribution >= 0.6 is 15.6 Å². The molecule has 0 bridgehead atoms. The van der Waals surface area contributed by atoms with Crippen LogP contribution in [0.15, 0.2) is 0 Å². The largest absolute Gasteiger partial charge is 0.472 e. The maximum absolute atomic E-state index is 13.0. The van der Waals surface area contributed by atoms with Crippen LogP contribution in [0.3, 0.4) is 0 Å². The van der Waals surface area contributed by atoms with Gasteiger partial charge in [0.1, 0.15) is 19.3 Å². The number of phosphoric ester groups is 2. The van der Waals surface area contributed by atoms with E-state index in [1.165, 1.54) is 116 Å². The van der Waals surface area contributed by atoms with Crippen molar-refractivity contribution in [3.8, 4) is 0 Å². The van der Waals surface area contributed by atoms with Crippen molar-refractivity contribution < 1.29 is 80.2 Å². The summed E-state index contributed by atoms with van der Waals surface area (Å²) in [6.07, 6.45) is 37.7. The van der Waals surface area contributed by atoms with Gasteiger partial charge in [-0.2, -0.15) is 0 Å². The number of carbonyl (C=O) groups is 4. The Morgan fingerprint density at radius 3 is 0.927 bits per heavy atom. The van der Waals surface area contributed by atoms with Crippen LogP contribution in [-0.4, -0.2) is 96.7 Å². The Balaban J connectivity index is 5.23. The maximum Gasteiger partial charge on any atom is 0.472 e. The molecule has 19 heteroatoms. The molecular weight excluding hydrogens is 1090 g/mol. The normalized spacial score (nSPS) is 14.7. The smallest absolute Gasteiger partial charge is 0.462 e. The molecule has 0 rings (SSSR count). The van der Waals surface area contributed by atoms with E-state index >= 15 is 0 Å². The number of phosphoric acid groups is 2. The van der Waals surface area contributed by atoms with Crippen LogP contribution in [-0.2, 0) is 65.4 Å². The first-order valence-corrected chi connectivity index (χ1v) is 36.0. The molecule has 0 aliphatic carbocycles. The predicted molar refractivity (Wildman–Crippen MR) is 326 cm³/mol. The molecule has 3 unspecified atom stereocenters. The summed E-state index contributed by atoms with van der Waals surface area (Å²) in [6.45, 7) is 9.38. The molecule has 0 radical (unpaired) electrons. The summed E-state index contributed by atoms with van der Waals surface area (Å²) in [5, 5.41) is 10.5. The molecule has 17 nitrogen and oxygen atoms in total. The molecule has 486 valence electrons. The van der Waals surface area contributed by atoms with Crippen LogP contribution in [0.2, 0.25) is 0 Å². The van der Waals surface area contributed by atoms with Gasteiger partial charge in [0.15, 0.2) is 12.2 Å². The summed E-state index contributed by atoms with van der Waals surface area (Å²) >= 11 is 0. The first kappa shape index (κ1) is 80.1. The van der Waals surface area contributed by atoms with E-state index in [4.69, 9.17) is 37.0 Å². The van der Waals surface area contributed by atoms with Crippen molar-refractivity contribution in [3.05, 3.63) is 0 Å². The van der Waals surface area contributed by atoms with Gasteiger partial charge < -0.3 is 33.8 Å². The van der Waals surface area contributed by atoms with E-state index in [2.05, 4.69) is 41.5 Å². The Kier molecular flexibility index (Phi) is 54.3. The lowest BCUT2D eigenvalue weighted by molar-refractivity contribution is -0.161. The summed E-state index contributed by atoms with van der Waals surface area (Å²) in [4.78, 5) is 72.1. The van der Waals surface area contributed by atoms with Gasteiger partial charge in [0, 0.05) is 25.7 Å². The lowest BCUT2D eigenvalue weighted by Gasteiger charge is -2.21. The van der Waals surface area contributed by atoms with Gasteiger partial charge in [-0.15, -0.1) is 0 Å². The number of aliphatic hydroxyl groups excluding tert-OH is 1. The van der Waals surface area contributed by atoms with Gasteiger partial charge in [0.25, 0.3) is 0 Å². The summed E-state index contributed by atoms with van der Waals surface area (Å²) in [7, 11) is -9.88. The number of hydrogen-bond donors (Lipinski definition) is 3. The van der Waals surface area contributed by atoms with Crippen LogP contribution in [0, 0.1) is 11.8 Å². The number of esters is 4. The van der Waals surface area contributed by atoms with Gasteiger partial charge in [-0.1, -0.05) is 260 Å². The highest BCUT2D eigenvalue weighted by molar-refractivity contribution is 7.47. The second-order valence-electron chi connectivity index (χ2n) is 23.5. The number of ether oxygens (including phenoxy) is 4. The summed E-state index contributed by atoms with van der Waals surface area (Å²) in [5.41, 5.74) is 0. The fourth-order valence-electron chi connectivity index (χ4n) is 9.32. The van der Waals surface area contributed by atoms with E-state index in [1.807, 2.05) is 0 Å². The van der Waals surface area contributed by atoms with Crippen molar-refractivity contribution in [3.63, 3.8) is 0 Å². The predicted octanol–water partition coefficient (Wildman–Crippen LogP) is 17.3. The Bertz CT molecular complexity index is 1620. The first-order valence-electron chi connectivity index (χ1n) is 33.0. The molecule has 0 heterocycles. The molecule has 0 fully saturated rings. The minimum atomic E-state index is -4.94. The zero-order valence-electron chi connectivity index (χ0n) is 52.8. The molecule has 0 aromatic carbocycles. The van der Waals surface area contributed by atoms with Gasteiger partial charge in [-0.3, -0.25) is 37.3 Å². The topological polar surface area (TPSA) is 237 Å². The molecule has 0 saturated carbocycles. The van der Waals surface area contributed by atoms with E-state index in [0.29, 0.717) is 25.7 Å². The molecule has 3 N–H and O–H groups in total. The average Bonchev–Trinajstić information content (AvgIpc) is 3.46. The molecule has 82 heavy (non-hydrogen) atoms. The number of aliphatic hydroxyl groups is 1. The molecule has 0 aromatic heterocycles. The number of unbranched alkanes of at least 4 members (excludes halogenated alkanes) is 31. The Morgan fingerprint density at radius 2 is 0.622 bits per heavy atom. The van der Waals surface area contributed by atoms with Crippen LogP contribution in [0.25, 0.3) is 0 Å². The van der Waals surface area contributed by atoms with Gasteiger partial charge in [0.2, 0.25) is 0 Å². The van der Waals surface area contributed by atoms with Crippen molar-refractivity contribution in [1.82, 2.24) is 0 Å². The van der Waals surface area contributed by atoms with Crippen molar-refractivity contribution in [2.75, 3.05) is 39.6 Å². The second kappa shape index (κ2) is 55.6. The number of carbonyl (C=O) groups excluding carboxylic acids is 4. The van der Waals surface area contributed by atoms with Crippen molar-refractivity contribution in [2.45, 2.75) is 330 Å². The highest BCUT2D eigenvalue weighted by atomic mass is 31.2. The monoisotopic (exact) mass is 1210 g/mol. The quantitative estimate of drug-likeness (QED) is 0.0222. The Labute approximate surface area is 498 Å². The van der Waals surface area contributed by atoms with E-state index in [0.717, 1.165) is 115 Å². The van der Waals surface area contributed by atoms with E-state index < -0.39 is 97.5 Å². The minimum Gasteiger partial charge on any atom is -0.462 e. The number of hydrogen-bond acceptors (Lipinski definition) is 15. The zero-order chi connectivity index (χ0) is 60.8. The van der Waals surface area contributed by atoms with E-state index in [1.54, 1.807) is 0 Å². The zero-order valence-corrected chi connectivity index (χ0v) is 54.6. The summed E-state index contributed by atoms with van der Waals surface area (Å²) in [5.74, 6) is -0.676. The van der Waals surface area contributed by atoms with Gasteiger partial charge in [-0.05, 0) is 37.5 Å². The van der Waals surface area contributed by atoms with Gasteiger partial charge in [-0.25, -0.2) is 9.13 Å². The Hall–Kier alpha value is -1.94. The van der Waals surface area contributed by atoms with Crippen LogP contribution in [0.5, 0.6) is 0 Å². The minimum absolute atomic E-state index is 0.102. The fraction of sp³-hybridized carbons (Fsp3) is 0.937. The summed E-state index contributed by atoms with van der Waals surface area (Å²) in [6, 6.07) is 0. The van der Waals surface area contributed by atoms with Crippen molar-refractivity contribution in [1.29, 1.82) is 0 Å². The number of rotatable bonds is 62. The van der Waals surface area contributed by atoms with E-state index in [9.17, 15) is 43.2 Å². The maximum atomic E-state index is 13.0.